The van der Waals surface area contributed by atoms with Gasteiger partial charge in [0.25, 0.3) is 0 Å². The number of anilines is 1. The number of nitrogens with zero attached hydrogens (tertiary/aromatic N) is 1. The van der Waals surface area contributed by atoms with E-state index in [-0.39, 0.29) is 12.1 Å². The Morgan fingerprint density at radius 3 is 2.55 bits per heavy atom. The van der Waals surface area contributed by atoms with Gasteiger partial charge in [-0.25, -0.2) is 4.79 Å². The molecule has 2 amide bonds. The summed E-state index contributed by atoms with van der Waals surface area (Å²) in [7, 11) is 1.02. The number of carboxylic acids is 1. The Labute approximate surface area is 113 Å². The van der Waals surface area contributed by atoms with Gasteiger partial charge in [-0.15, -0.1) is 0 Å². The molecular weight excluding hydrogens is 277 g/mol. The Bertz CT molecular complexity index is 503. The second kappa shape index (κ2) is 6.27. The molecule has 0 saturated heterocycles. The molecule has 1 aromatic rings. The van der Waals surface area contributed by atoms with E-state index in [9.17, 15) is 22.8 Å². The van der Waals surface area contributed by atoms with Crippen molar-refractivity contribution in [3.05, 3.63) is 29.8 Å². The van der Waals surface area contributed by atoms with E-state index in [4.69, 9.17) is 5.11 Å². The third kappa shape index (κ3) is 5.59. The minimum absolute atomic E-state index is 0.234. The van der Waals surface area contributed by atoms with Crippen LogP contribution in [0.3, 0.4) is 0 Å². The van der Waals surface area contributed by atoms with Gasteiger partial charge >= 0.3 is 18.2 Å². The fourth-order valence-electron chi connectivity index (χ4n) is 1.49. The van der Waals surface area contributed by atoms with Crippen LogP contribution in [-0.4, -0.2) is 41.8 Å². The average Bonchev–Trinajstić information content (AvgIpc) is 2.26. The first-order chi connectivity index (χ1) is 9.17. The summed E-state index contributed by atoms with van der Waals surface area (Å²) >= 11 is 0. The van der Waals surface area contributed by atoms with Crippen molar-refractivity contribution in [3.63, 3.8) is 0 Å². The number of hydrogen-bond acceptors (Lipinski definition) is 2. The zero-order chi connectivity index (χ0) is 15.3. The molecule has 0 radical (unpaired) electrons. The van der Waals surface area contributed by atoms with Crippen LogP contribution in [0.4, 0.5) is 23.7 Å². The molecule has 0 aliphatic rings. The summed E-state index contributed by atoms with van der Waals surface area (Å²) in [5.74, 6) is -1.04. The van der Waals surface area contributed by atoms with Crippen molar-refractivity contribution in [2.75, 3.05) is 18.9 Å². The third-order valence-electron chi connectivity index (χ3n) is 2.30. The molecule has 0 saturated carbocycles. The van der Waals surface area contributed by atoms with Crippen LogP contribution in [-0.2, 0) is 11.2 Å². The fraction of sp³-hybridized carbons (Fsp3) is 0.333. The molecule has 0 bridgehead atoms. The van der Waals surface area contributed by atoms with Crippen LogP contribution in [0, 0.1) is 0 Å². The number of halogens is 3. The molecule has 20 heavy (non-hydrogen) atoms. The molecule has 0 aromatic heterocycles. The predicted octanol–water partition coefficient (Wildman–Crippen LogP) is 2.34. The van der Waals surface area contributed by atoms with Gasteiger partial charge in [-0.3, -0.25) is 4.79 Å². The van der Waals surface area contributed by atoms with Gasteiger partial charge in [0.2, 0.25) is 0 Å². The van der Waals surface area contributed by atoms with Crippen LogP contribution in [0.15, 0.2) is 24.3 Å². The summed E-state index contributed by atoms with van der Waals surface area (Å²) in [4.78, 5) is 22.6. The molecule has 0 aliphatic carbocycles. The van der Waals surface area contributed by atoms with Crippen molar-refractivity contribution in [1.82, 2.24) is 4.90 Å². The lowest BCUT2D eigenvalue weighted by Crippen LogP contribution is -2.38. The number of benzene rings is 1. The minimum atomic E-state index is -4.47. The predicted molar refractivity (Wildman–Crippen MR) is 65.5 cm³/mol. The first kappa shape index (κ1) is 15.8. The Morgan fingerprint density at radius 1 is 1.35 bits per heavy atom. The van der Waals surface area contributed by atoms with E-state index >= 15 is 0 Å². The lowest BCUT2D eigenvalue weighted by Gasteiger charge is -2.19. The van der Waals surface area contributed by atoms with E-state index < -0.39 is 24.7 Å². The summed E-state index contributed by atoms with van der Waals surface area (Å²) in [6, 6.07) is 4.99. The molecule has 0 fully saturated rings. The highest BCUT2D eigenvalue weighted by atomic mass is 19.4. The number of amides is 2. The highest BCUT2D eigenvalue weighted by molar-refractivity contribution is 5.89. The molecule has 1 rings (SSSR count). The van der Waals surface area contributed by atoms with E-state index in [0.29, 0.717) is 10.5 Å². The molecule has 5 nitrogen and oxygen atoms in total. The summed E-state index contributed by atoms with van der Waals surface area (Å²) in [6.07, 6.45) is -4.71. The first-order valence-electron chi connectivity index (χ1n) is 5.57. The third-order valence-corrected chi connectivity index (χ3v) is 2.30. The molecule has 1 aromatic carbocycles. The molecule has 0 heterocycles. The lowest BCUT2D eigenvalue weighted by atomic mass is 10.1. The zero-order valence-electron chi connectivity index (χ0n) is 10.6. The number of nitrogens with one attached hydrogen (secondary N) is 1. The van der Waals surface area contributed by atoms with Gasteiger partial charge in [-0.1, -0.05) is 12.1 Å². The molecule has 2 N–H and O–H groups in total. The lowest BCUT2D eigenvalue weighted by molar-refractivity contribution is -0.137. The molecule has 0 atom stereocenters. The van der Waals surface area contributed by atoms with Gasteiger partial charge in [0.15, 0.2) is 0 Å². The van der Waals surface area contributed by atoms with Crippen molar-refractivity contribution >= 4 is 17.7 Å². The second-order valence-corrected chi connectivity index (χ2v) is 4.17. The Kier molecular flexibility index (Phi) is 4.95. The monoisotopic (exact) mass is 290 g/mol. The number of carbonyl (C=O) groups is 2. The number of hydrogen-bond donors (Lipinski definition) is 2. The van der Waals surface area contributed by atoms with Crippen molar-refractivity contribution in [3.8, 4) is 0 Å². The van der Waals surface area contributed by atoms with Crippen LogP contribution in [0.1, 0.15) is 5.56 Å². The Morgan fingerprint density at radius 2 is 2.00 bits per heavy atom. The first-order valence-corrected chi connectivity index (χ1v) is 5.57. The highest BCUT2D eigenvalue weighted by Gasteiger charge is 2.31. The van der Waals surface area contributed by atoms with E-state index in [1.165, 1.54) is 18.2 Å². The summed E-state index contributed by atoms with van der Waals surface area (Å²) < 4.78 is 36.4. The summed E-state index contributed by atoms with van der Waals surface area (Å²) in [5.41, 5.74) is 0.677. The van der Waals surface area contributed by atoms with Crippen molar-refractivity contribution in [2.24, 2.45) is 0 Å². The van der Waals surface area contributed by atoms with Gasteiger partial charge in [0, 0.05) is 12.7 Å². The molecule has 0 unspecified atom stereocenters. The number of carboxylic acid groups (broad SMARTS) is 1. The smallest absolute Gasteiger partial charge is 0.406 e. The molecule has 0 aliphatic heterocycles. The molecule has 110 valence electrons. The normalized spacial score (nSPS) is 11.0. The topological polar surface area (TPSA) is 69.6 Å². The van der Waals surface area contributed by atoms with Crippen LogP contribution >= 0.6 is 0 Å². The van der Waals surface area contributed by atoms with Crippen LogP contribution in [0.5, 0.6) is 0 Å². The Balaban J connectivity index is 2.68. The highest BCUT2D eigenvalue weighted by Crippen LogP contribution is 2.17. The molecule has 8 heteroatoms. The van der Waals surface area contributed by atoms with Gasteiger partial charge in [-0.2, -0.15) is 13.2 Å². The van der Waals surface area contributed by atoms with Crippen molar-refractivity contribution < 1.29 is 27.9 Å². The summed E-state index contributed by atoms with van der Waals surface area (Å²) in [5, 5.41) is 10.9. The van der Waals surface area contributed by atoms with Crippen LogP contribution in [0.25, 0.3) is 0 Å². The van der Waals surface area contributed by atoms with Gasteiger partial charge in [-0.05, 0) is 17.7 Å². The van der Waals surface area contributed by atoms with Crippen molar-refractivity contribution in [2.45, 2.75) is 12.6 Å². The van der Waals surface area contributed by atoms with E-state index in [2.05, 4.69) is 5.32 Å². The maximum absolute atomic E-state index is 12.1. The largest absolute Gasteiger partial charge is 0.481 e. The van der Waals surface area contributed by atoms with Gasteiger partial charge in [0.1, 0.15) is 6.54 Å². The van der Waals surface area contributed by atoms with Crippen molar-refractivity contribution in [1.29, 1.82) is 0 Å². The van der Waals surface area contributed by atoms with Gasteiger partial charge in [0.05, 0.1) is 6.42 Å². The van der Waals surface area contributed by atoms with Crippen LogP contribution < -0.4 is 5.32 Å². The quantitative estimate of drug-likeness (QED) is 0.894. The minimum Gasteiger partial charge on any atom is -0.481 e. The number of carbonyl (C=O) groups excluding carboxylic acids is 1. The molecule has 0 spiro atoms. The fourth-order valence-corrected chi connectivity index (χ4v) is 1.49. The van der Waals surface area contributed by atoms with Gasteiger partial charge < -0.3 is 15.3 Å². The number of aliphatic carboxylic acids is 1. The average molecular weight is 290 g/mol. The maximum atomic E-state index is 12.1. The zero-order valence-corrected chi connectivity index (χ0v) is 10.6. The second-order valence-electron chi connectivity index (χ2n) is 4.17. The number of alkyl halides is 3. The molecular formula is C12H13F3N2O3. The van der Waals surface area contributed by atoms with Crippen LogP contribution in [0.2, 0.25) is 0 Å². The summed E-state index contributed by atoms with van der Waals surface area (Å²) in [6.45, 7) is -1.37. The number of urea groups is 1. The van der Waals surface area contributed by atoms with E-state index in [1.54, 1.807) is 6.07 Å². The Hall–Kier alpha value is -2.25. The van der Waals surface area contributed by atoms with E-state index in [0.717, 1.165) is 7.05 Å². The standard InChI is InChI=1S/C12H13F3N2O3/c1-17(7-12(13,14)15)11(20)16-9-4-2-3-8(5-9)6-10(18)19/h2-5H,6-7H2,1H3,(H,16,20)(H,18,19). The number of rotatable bonds is 4. The maximum Gasteiger partial charge on any atom is 0.406 e. The van der Waals surface area contributed by atoms with E-state index in [1.807, 2.05) is 0 Å². The SMILES string of the molecule is CN(CC(F)(F)F)C(=O)Nc1cccc(CC(=O)O)c1.